The first-order valence-electron chi connectivity index (χ1n) is 10.8. The van der Waals surface area contributed by atoms with Crippen molar-refractivity contribution in [3.8, 4) is 17.1 Å². The molecule has 0 unspecified atom stereocenters. The fraction of sp³-hybridized carbons (Fsp3) is 0.231. The van der Waals surface area contributed by atoms with E-state index < -0.39 is 0 Å². The molecule has 0 aliphatic carbocycles. The van der Waals surface area contributed by atoms with Crippen LogP contribution in [0.15, 0.2) is 71.3 Å². The summed E-state index contributed by atoms with van der Waals surface area (Å²) in [4.78, 5) is 14.7. The quantitative estimate of drug-likeness (QED) is 0.346. The third-order valence-corrected chi connectivity index (χ3v) is 6.07. The largest absolute Gasteiger partial charge is 0.494 e. The van der Waals surface area contributed by atoms with Gasteiger partial charge in [0.2, 0.25) is 5.91 Å². The molecule has 1 amide bonds. The minimum Gasteiger partial charge on any atom is -0.494 e. The van der Waals surface area contributed by atoms with Crippen LogP contribution in [0.1, 0.15) is 24.1 Å². The number of ether oxygens (including phenoxy) is 1. The van der Waals surface area contributed by atoms with Crippen LogP contribution in [0.25, 0.3) is 22.1 Å². The average molecular weight is 447 g/mol. The summed E-state index contributed by atoms with van der Waals surface area (Å²) in [5.74, 6) is 1.67. The van der Waals surface area contributed by atoms with Gasteiger partial charge in [-0.2, -0.15) is 0 Å². The highest BCUT2D eigenvalue weighted by Gasteiger charge is 2.27. The molecule has 0 spiro atoms. The van der Waals surface area contributed by atoms with Gasteiger partial charge < -0.3 is 14.2 Å². The number of carbonyl (C=O) groups is 1. The van der Waals surface area contributed by atoms with Crippen molar-refractivity contribution >= 4 is 28.3 Å². The van der Waals surface area contributed by atoms with E-state index in [-0.39, 0.29) is 5.91 Å². The Morgan fingerprint density at radius 3 is 2.72 bits per heavy atom. The highest BCUT2D eigenvalue weighted by Crippen LogP contribution is 2.31. The number of rotatable bonds is 6. The molecule has 1 aliphatic heterocycles. The van der Waals surface area contributed by atoms with Crippen molar-refractivity contribution in [2.24, 2.45) is 0 Å². The summed E-state index contributed by atoms with van der Waals surface area (Å²) in [6.07, 6.45) is 1.82. The van der Waals surface area contributed by atoms with Crippen molar-refractivity contribution < 1.29 is 14.1 Å². The van der Waals surface area contributed by atoms with Crippen LogP contribution >= 0.6 is 11.6 Å². The van der Waals surface area contributed by atoms with Crippen molar-refractivity contribution in [3.05, 3.63) is 83.0 Å². The van der Waals surface area contributed by atoms with E-state index in [9.17, 15) is 4.79 Å². The number of hydrogen-bond acceptors (Lipinski definition) is 4. The van der Waals surface area contributed by atoms with E-state index >= 15 is 0 Å². The highest BCUT2D eigenvalue weighted by atomic mass is 35.5. The summed E-state index contributed by atoms with van der Waals surface area (Å²) >= 11 is 6.00. The number of fused-ring (bicyclic) bond motifs is 2. The molecule has 162 valence electrons. The molecule has 0 radical (unpaired) electrons. The van der Waals surface area contributed by atoms with Gasteiger partial charge in [-0.15, -0.1) is 0 Å². The molecular weight excluding hydrogens is 424 g/mol. The molecule has 4 aromatic rings. The van der Waals surface area contributed by atoms with Crippen LogP contribution in [-0.4, -0.2) is 29.1 Å². The number of aromatic nitrogens is 1. The van der Waals surface area contributed by atoms with E-state index in [2.05, 4.69) is 23.4 Å². The standard InChI is InChI=1S/C26H23ClN2O3/c27-21-10-7-19(8-11-21)26-23-17-29(14-13-24(23)28-32-26)25(30)6-3-15-31-22-12-9-18-4-1-2-5-20(18)16-22/h1-2,4-5,7-12,16H,3,6,13-15,17H2. The van der Waals surface area contributed by atoms with Crippen LogP contribution in [0.2, 0.25) is 5.02 Å². The molecule has 0 fully saturated rings. The lowest BCUT2D eigenvalue weighted by molar-refractivity contribution is -0.132. The van der Waals surface area contributed by atoms with Crippen molar-refractivity contribution in [2.75, 3.05) is 13.2 Å². The molecule has 3 aromatic carbocycles. The molecule has 0 saturated carbocycles. The molecule has 6 heteroatoms. The molecule has 1 aromatic heterocycles. The lowest BCUT2D eigenvalue weighted by Crippen LogP contribution is -2.36. The van der Waals surface area contributed by atoms with Gasteiger partial charge in [0.25, 0.3) is 0 Å². The predicted molar refractivity (Wildman–Crippen MR) is 125 cm³/mol. The molecule has 0 bridgehead atoms. The van der Waals surface area contributed by atoms with Crippen molar-refractivity contribution in [1.29, 1.82) is 0 Å². The average Bonchev–Trinajstić information content (AvgIpc) is 3.25. The summed E-state index contributed by atoms with van der Waals surface area (Å²) < 4.78 is 11.5. The van der Waals surface area contributed by atoms with Gasteiger partial charge in [0, 0.05) is 35.5 Å². The second-order valence-corrected chi connectivity index (χ2v) is 8.41. The van der Waals surface area contributed by atoms with Crippen LogP contribution in [0.4, 0.5) is 0 Å². The number of carbonyl (C=O) groups excluding carboxylic acids is 1. The molecular formula is C26H23ClN2O3. The van der Waals surface area contributed by atoms with Crippen LogP contribution in [0.3, 0.4) is 0 Å². The van der Waals surface area contributed by atoms with E-state index in [1.165, 1.54) is 5.39 Å². The summed E-state index contributed by atoms with van der Waals surface area (Å²) in [5.41, 5.74) is 2.83. The van der Waals surface area contributed by atoms with Crippen LogP contribution in [-0.2, 0) is 17.8 Å². The second kappa shape index (κ2) is 9.05. The van der Waals surface area contributed by atoms with Crippen LogP contribution in [0.5, 0.6) is 5.75 Å². The van der Waals surface area contributed by atoms with Gasteiger partial charge in [-0.1, -0.05) is 47.1 Å². The van der Waals surface area contributed by atoms with Crippen molar-refractivity contribution in [1.82, 2.24) is 10.1 Å². The Morgan fingerprint density at radius 1 is 1.06 bits per heavy atom. The van der Waals surface area contributed by atoms with Gasteiger partial charge >= 0.3 is 0 Å². The van der Waals surface area contributed by atoms with Gasteiger partial charge in [-0.25, -0.2) is 0 Å². The van der Waals surface area contributed by atoms with Crippen molar-refractivity contribution in [2.45, 2.75) is 25.8 Å². The van der Waals surface area contributed by atoms with Gasteiger partial charge in [-0.05, 0) is 53.6 Å². The van der Waals surface area contributed by atoms with Gasteiger partial charge in [0.05, 0.1) is 18.8 Å². The first-order valence-corrected chi connectivity index (χ1v) is 11.2. The van der Waals surface area contributed by atoms with Gasteiger partial charge in [0.15, 0.2) is 5.76 Å². The van der Waals surface area contributed by atoms with Gasteiger partial charge in [0.1, 0.15) is 5.75 Å². The SMILES string of the molecule is O=C(CCCOc1ccc2ccccc2c1)N1CCc2noc(-c3ccc(Cl)cc3)c2C1. The smallest absolute Gasteiger partial charge is 0.223 e. The lowest BCUT2D eigenvalue weighted by atomic mass is 10.0. The minimum absolute atomic E-state index is 0.126. The Hall–Kier alpha value is -3.31. The third-order valence-electron chi connectivity index (χ3n) is 5.82. The Labute approximate surface area is 191 Å². The maximum Gasteiger partial charge on any atom is 0.223 e. The first kappa shape index (κ1) is 20.6. The van der Waals surface area contributed by atoms with E-state index in [4.69, 9.17) is 20.9 Å². The van der Waals surface area contributed by atoms with E-state index in [1.807, 2.05) is 53.4 Å². The number of nitrogens with zero attached hydrogens (tertiary/aromatic N) is 2. The van der Waals surface area contributed by atoms with Gasteiger partial charge in [-0.3, -0.25) is 4.79 Å². The highest BCUT2D eigenvalue weighted by molar-refractivity contribution is 6.30. The maximum absolute atomic E-state index is 12.8. The monoisotopic (exact) mass is 446 g/mol. The number of amides is 1. The summed E-state index contributed by atoms with van der Waals surface area (Å²) in [5, 5.41) is 7.22. The zero-order valence-electron chi connectivity index (χ0n) is 17.6. The van der Waals surface area contributed by atoms with E-state index in [1.54, 1.807) is 0 Å². The molecule has 0 N–H and O–H groups in total. The topological polar surface area (TPSA) is 55.6 Å². The second-order valence-electron chi connectivity index (χ2n) is 7.97. The maximum atomic E-state index is 12.8. The molecule has 32 heavy (non-hydrogen) atoms. The molecule has 0 saturated heterocycles. The normalized spacial score (nSPS) is 13.2. The molecule has 5 rings (SSSR count). The fourth-order valence-electron chi connectivity index (χ4n) is 4.08. The summed E-state index contributed by atoms with van der Waals surface area (Å²) in [6.45, 7) is 1.68. The third kappa shape index (κ3) is 4.34. The number of hydrogen-bond donors (Lipinski definition) is 0. The summed E-state index contributed by atoms with van der Waals surface area (Å²) in [7, 11) is 0. The predicted octanol–water partition coefficient (Wildman–Crippen LogP) is 5.89. The zero-order valence-corrected chi connectivity index (χ0v) is 18.3. The summed E-state index contributed by atoms with van der Waals surface area (Å²) in [6, 6.07) is 21.7. The Bertz CT molecular complexity index is 1250. The van der Waals surface area contributed by atoms with E-state index in [0.29, 0.717) is 49.7 Å². The first-order chi connectivity index (χ1) is 15.7. The molecule has 0 atom stereocenters. The fourth-order valence-corrected chi connectivity index (χ4v) is 4.21. The number of benzene rings is 3. The van der Waals surface area contributed by atoms with Crippen LogP contribution < -0.4 is 4.74 Å². The Kier molecular flexibility index (Phi) is 5.82. The Balaban J connectivity index is 1.16. The van der Waals surface area contributed by atoms with Crippen molar-refractivity contribution in [3.63, 3.8) is 0 Å². The zero-order chi connectivity index (χ0) is 21.9. The minimum atomic E-state index is 0.126. The van der Waals surface area contributed by atoms with E-state index in [0.717, 1.165) is 28.0 Å². The molecule has 2 heterocycles. The molecule has 5 nitrogen and oxygen atoms in total. The van der Waals surface area contributed by atoms with Crippen LogP contribution in [0, 0.1) is 0 Å². The molecule has 1 aliphatic rings. The lowest BCUT2D eigenvalue weighted by Gasteiger charge is -2.26. The Morgan fingerprint density at radius 2 is 1.88 bits per heavy atom. The number of halogens is 1.